The SMILES string of the molecule is Cc1ccc(Nn2c(SCC(=O)Nc3nc4ccccc4s3)nc(C)c2C)cc1. The first-order chi connectivity index (χ1) is 14.0. The van der Waals surface area contributed by atoms with E-state index in [1.54, 1.807) is 0 Å². The number of benzene rings is 2. The summed E-state index contributed by atoms with van der Waals surface area (Å²) in [6.07, 6.45) is 0. The van der Waals surface area contributed by atoms with Crippen molar-refractivity contribution in [1.29, 1.82) is 0 Å². The molecule has 0 aliphatic carbocycles. The highest BCUT2D eigenvalue weighted by molar-refractivity contribution is 7.99. The van der Waals surface area contributed by atoms with E-state index in [4.69, 9.17) is 0 Å². The van der Waals surface area contributed by atoms with Crippen LogP contribution in [0.25, 0.3) is 10.2 Å². The number of thiazole rings is 1. The van der Waals surface area contributed by atoms with Gasteiger partial charge < -0.3 is 5.32 Å². The minimum absolute atomic E-state index is 0.103. The Morgan fingerprint density at radius 2 is 1.83 bits per heavy atom. The van der Waals surface area contributed by atoms with Crippen molar-refractivity contribution >= 4 is 50.0 Å². The Bertz CT molecular complexity index is 1130. The number of aryl methyl sites for hydroxylation is 2. The van der Waals surface area contributed by atoms with Gasteiger partial charge in [0.2, 0.25) is 5.91 Å². The molecular weight excluding hydrogens is 402 g/mol. The molecule has 2 heterocycles. The number of nitrogens with one attached hydrogen (secondary N) is 2. The van der Waals surface area contributed by atoms with Crippen molar-refractivity contribution in [3.05, 3.63) is 65.5 Å². The fraction of sp³-hybridized carbons (Fsp3) is 0.190. The van der Waals surface area contributed by atoms with Gasteiger partial charge in [0.05, 0.1) is 33.0 Å². The first kappa shape index (κ1) is 19.5. The molecule has 0 radical (unpaired) electrons. The number of anilines is 2. The predicted octanol–water partition coefficient (Wildman–Crippen LogP) is 5.02. The Hall–Kier alpha value is -2.84. The van der Waals surface area contributed by atoms with Gasteiger partial charge in [-0.3, -0.25) is 10.2 Å². The Balaban J connectivity index is 1.44. The van der Waals surface area contributed by atoms with Gasteiger partial charge in [0.25, 0.3) is 0 Å². The topological polar surface area (TPSA) is 71.8 Å². The molecule has 2 aromatic carbocycles. The van der Waals surface area contributed by atoms with Crippen molar-refractivity contribution in [2.24, 2.45) is 0 Å². The number of rotatable bonds is 6. The second kappa shape index (κ2) is 8.26. The summed E-state index contributed by atoms with van der Waals surface area (Å²) >= 11 is 2.87. The number of carbonyl (C=O) groups excluding carboxylic acids is 1. The van der Waals surface area contributed by atoms with Crippen molar-refractivity contribution in [2.45, 2.75) is 25.9 Å². The molecule has 2 N–H and O–H groups in total. The summed E-state index contributed by atoms with van der Waals surface area (Å²) in [6.45, 7) is 6.03. The van der Waals surface area contributed by atoms with E-state index in [0.29, 0.717) is 5.13 Å². The highest BCUT2D eigenvalue weighted by atomic mass is 32.2. The monoisotopic (exact) mass is 423 g/mol. The van der Waals surface area contributed by atoms with Crippen molar-refractivity contribution < 1.29 is 4.79 Å². The predicted molar refractivity (Wildman–Crippen MR) is 121 cm³/mol. The second-order valence-electron chi connectivity index (χ2n) is 6.70. The van der Waals surface area contributed by atoms with Crippen LogP contribution in [-0.4, -0.2) is 26.3 Å². The quantitative estimate of drug-likeness (QED) is 0.426. The van der Waals surface area contributed by atoms with Crippen LogP contribution in [0, 0.1) is 20.8 Å². The number of amides is 1. The van der Waals surface area contributed by atoms with E-state index in [0.717, 1.165) is 32.4 Å². The van der Waals surface area contributed by atoms with E-state index in [2.05, 4.69) is 39.8 Å². The summed E-state index contributed by atoms with van der Waals surface area (Å²) < 4.78 is 2.98. The second-order valence-corrected chi connectivity index (χ2v) is 8.68. The molecule has 6 nitrogen and oxygen atoms in total. The molecule has 0 spiro atoms. The smallest absolute Gasteiger partial charge is 0.236 e. The third-order valence-corrected chi connectivity index (χ3v) is 6.37. The van der Waals surface area contributed by atoms with E-state index in [1.165, 1.54) is 28.7 Å². The molecular formula is C21H21N5OS2. The molecule has 29 heavy (non-hydrogen) atoms. The molecule has 0 fully saturated rings. The van der Waals surface area contributed by atoms with Crippen LogP contribution in [0.5, 0.6) is 0 Å². The van der Waals surface area contributed by atoms with Crippen LogP contribution < -0.4 is 10.7 Å². The van der Waals surface area contributed by atoms with Crippen LogP contribution in [0.4, 0.5) is 10.8 Å². The zero-order valence-electron chi connectivity index (χ0n) is 16.4. The van der Waals surface area contributed by atoms with Crippen LogP contribution >= 0.6 is 23.1 Å². The molecule has 0 saturated heterocycles. The molecule has 4 rings (SSSR count). The summed E-state index contributed by atoms with van der Waals surface area (Å²) in [4.78, 5) is 21.5. The lowest BCUT2D eigenvalue weighted by atomic mass is 10.2. The third-order valence-electron chi connectivity index (χ3n) is 4.48. The van der Waals surface area contributed by atoms with Crippen molar-refractivity contribution in [3.8, 4) is 0 Å². The van der Waals surface area contributed by atoms with Crippen molar-refractivity contribution in [3.63, 3.8) is 0 Å². The van der Waals surface area contributed by atoms with Gasteiger partial charge >= 0.3 is 0 Å². The summed E-state index contributed by atoms with van der Waals surface area (Å²) in [6, 6.07) is 16.0. The number of nitrogens with zero attached hydrogens (tertiary/aromatic N) is 3. The zero-order chi connectivity index (χ0) is 20.4. The number of aromatic nitrogens is 3. The number of carbonyl (C=O) groups is 1. The maximum absolute atomic E-state index is 12.4. The van der Waals surface area contributed by atoms with E-state index in [-0.39, 0.29) is 11.7 Å². The molecule has 8 heteroatoms. The Morgan fingerprint density at radius 1 is 1.07 bits per heavy atom. The molecule has 4 aromatic rings. The molecule has 2 aromatic heterocycles. The zero-order valence-corrected chi connectivity index (χ0v) is 18.0. The first-order valence-corrected chi connectivity index (χ1v) is 11.0. The normalized spacial score (nSPS) is 11.0. The number of hydrogen-bond donors (Lipinski definition) is 2. The molecule has 0 bridgehead atoms. The van der Waals surface area contributed by atoms with E-state index < -0.39 is 0 Å². The fourth-order valence-corrected chi connectivity index (χ4v) is 4.50. The summed E-state index contributed by atoms with van der Waals surface area (Å²) in [5, 5.41) is 4.25. The maximum Gasteiger partial charge on any atom is 0.236 e. The number of imidazole rings is 1. The van der Waals surface area contributed by atoms with Crippen molar-refractivity contribution in [1.82, 2.24) is 14.6 Å². The van der Waals surface area contributed by atoms with Gasteiger partial charge in [-0.05, 0) is 45.0 Å². The van der Waals surface area contributed by atoms with Gasteiger partial charge in [0.15, 0.2) is 10.3 Å². The number of hydrogen-bond acceptors (Lipinski definition) is 6. The first-order valence-electron chi connectivity index (χ1n) is 9.17. The Labute approximate surface area is 177 Å². The maximum atomic E-state index is 12.4. The fourth-order valence-electron chi connectivity index (χ4n) is 2.78. The number of para-hydroxylation sites is 1. The van der Waals surface area contributed by atoms with Crippen LogP contribution in [0.15, 0.2) is 53.7 Å². The van der Waals surface area contributed by atoms with Gasteiger partial charge in [-0.25, -0.2) is 14.6 Å². The van der Waals surface area contributed by atoms with E-state index in [9.17, 15) is 4.79 Å². The van der Waals surface area contributed by atoms with Crippen LogP contribution in [0.2, 0.25) is 0 Å². The highest BCUT2D eigenvalue weighted by Crippen LogP contribution is 2.26. The lowest BCUT2D eigenvalue weighted by Gasteiger charge is -2.13. The van der Waals surface area contributed by atoms with Gasteiger partial charge in [-0.15, -0.1) is 0 Å². The lowest BCUT2D eigenvalue weighted by Crippen LogP contribution is -2.16. The standard InChI is InChI=1S/C21H21N5OS2/c1-13-8-10-16(11-9-13)25-26-15(3)14(2)22-21(26)28-12-19(27)24-20-23-17-6-4-5-7-18(17)29-20/h4-11,25H,12H2,1-3H3,(H,23,24,27). The van der Waals surface area contributed by atoms with E-state index >= 15 is 0 Å². The van der Waals surface area contributed by atoms with E-state index in [1.807, 2.05) is 54.9 Å². The number of fused-ring (bicyclic) bond motifs is 1. The average molecular weight is 424 g/mol. The van der Waals surface area contributed by atoms with Gasteiger partial charge in [-0.1, -0.05) is 52.9 Å². The average Bonchev–Trinajstić information content (AvgIpc) is 3.23. The molecule has 1 amide bonds. The molecule has 0 unspecified atom stereocenters. The molecule has 0 aliphatic rings. The lowest BCUT2D eigenvalue weighted by molar-refractivity contribution is -0.113. The summed E-state index contributed by atoms with van der Waals surface area (Å²) in [5.41, 5.74) is 8.38. The largest absolute Gasteiger partial charge is 0.301 e. The molecule has 0 aliphatic heterocycles. The molecule has 0 atom stereocenters. The number of thioether (sulfide) groups is 1. The van der Waals surface area contributed by atoms with Crippen molar-refractivity contribution in [2.75, 3.05) is 16.5 Å². The summed E-state index contributed by atoms with van der Waals surface area (Å²) in [7, 11) is 0. The summed E-state index contributed by atoms with van der Waals surface area (Å²) in [5.74, 6) is 0.149. The Kier molecular flexibility index (Phi) is 5.55. The van der Waals surface area contributed by atoms with Gasteiger partial charge in [0, 0.05) is 0 Å². The van der Waals surface area contributed by atoms with Gasteiger partial charge in [0.1, 0.15) is 0 Å². The molecule has 148 valence electrons. The van der Waals surface area contributed by atoms with Gasteiger partial charge in [-0.2, -0.15) is 0 Å². The minimum atomic E-state index is -0.103. The molecule has 0 saturated carbocycles. The minimum Gasteiger partial charge on any atom is -0.301 e. The van der Waals surface area contributed by atoms with Crippen LogP contribution in [-0.2, 0) is 4.79 Å². The third kappa shape index (κ3) is 4.44. The van der Waals surface area contributed by atoms with Crippen LogP contribution in [0.3, 0.4) is 0 Å². The highest BCUT2D eigenvalue weighted by Gasteiger charge is 2.15. The Morgan fingerprint density at radius 3 is 2.59 bits per heavy atom. The van der Waals surface area contributed by atoms with Crippen LogP contribution in [0.1, 0.15) is 17.0 Å².